The third kappa shape index (κ3) is 2.00. The van der Waals surface area contributed by atoms with E-state index in [1.165, 1.54) is 0 Å². The predicted octanol–water partition coefficient (Wildman–Crippen LogP) is 2.50. The van der Waals surface area contributed by atoms with Gasteiger partial charge in [-0.15, -0.1) is 0 Å². The van der Waals surface area contributed by atoms with Gasteiger partial charge in [-0.25, -0.2) is 0 Å². The number of hydrogen-bond acceptors (Lipinski definition) is 3. The fourth-order valence-electron chi connectivity index (χ4n) is 2.43. The maximum atomic E-state index is 6.41. The Bertz CT molecular complexity index is 697. The van der Waals surface area contributed by atoms with Crippen LogP contribution in [0.1, 0.15) is 24.2 Å². The SMILES string of the molecule is CCn1nccc1C(N)c1cccc2ncccc12. The van der Waals surface area contributed by atoms with Crippen molar-refractivity contribution >= 4 is 10.9 Å². The Kier molecular flexibility index (Phi) is 3.01. The van der Waals surface area contributed by atoms with E-state index >= 15 is 0 Å². The number of hydrogen-bond donors (Lipinski definition) is 1. The number of nitrogens with two attached hydrogens (primary N) is 1. The molecule has 4 heteroatoms. The molecule has 0 aliphatic carbocycles. The summed E-state index contributed by atoms with van der Waals surface area (Å²) in [6.45, 7) is 2.88. The zero-order chi connectivity index (χ0) is 13.2. The second-order valence-corrected chi connectivity index (χ2v) is 4.47. The first-order valence-corrected chi connectivity index (χ1v) is 6.42. The van der Waals surface area contributed by atoms with Crippen molar-refractivity contribution < 1.29 is 0 Å². The molecule has 2 aromatic heterocycles. The zero-order valence-electron chi connectivity index (χ0n) is 10.8. The number of benzene rings is 1. The summed E-state index contributed by atoms with van der Waals surface area (Å²) < 4.78 is 1.93. The van der Waals surface area contributed by atoms with Gasteiger partial charge in [0.1, 0.15) is 0 Å². The van der Waals surface area contributed by atoms with Crippen molar-refractivity contribution in [2.24, 2.45) is 5.73 Å². The number of nitrogens with zero attached hydrogens (tertiary/aromatic N) is 3. The lowest BCUT2D eigenvalue weighted by Crippen LogP contribution is -2.17. The zero-order valence-corrected chi connectivity index (χ0v) is 10.8. The van der Waals surface area contributed by atoms with Gasteiger partial charge in [-0.2, -0.15) is 5.10 Å². The van der Waals surface area contributed by atoms with Gasteiger partial charge in [0, 0.05) is 24.3 Å². The van der Waals surface area contributed by atoms with E-state index in [9.17, 15) is 0 Å². The number of rotatable bonds is 3. The van der Waals surface area contributed by atoms with Crippen LogP contribution < -0.4 is 5.73 Å². The summed E-state index contributed by atoms with van der Waals surface area (Å²) in [7, 11) is 0. The standard InChI is InChI=1S/C15H16N4/c1-2-19-14(8-10-18-19)15(16)12-5-3-7-13-11(12)6-4-9-17-13/h3-10,15H,2,16H2,1H3. The van der Waals surface area contributed by atoms with Crippen molar-refractivity contribution in [3.63, 3.8) is 0 Å². The Labute approximate surface area is 111 Å². The smallest absolute Gasteiger partial charge is 0.0729 e. The second kappa shape index (κ2) is 4.82. The molecule has 3 rings (SSSR count). The normalized spacial score (nSPS) is 12.7. The van der Waals surface area contributed by atoms with Gasteiger partial charge < -0.3 is 5.73 Å². The first kappa shape index (κ1) is 11.9. The van der Waals surface area contributed by atoms with Crippen LogP contribution in [0.2, 0.25) is 0 Å². The van der Waals surface area contributed by atoms with Gasteiger partial charge in [-0.3, -0.25) is 9.67 Å². The topological polar surface area (TPSA) is 56.7 Å². The molecule has 0 radical (unpaired) electrons. The molecule has 2 heterocycles. The van der Waals surface area contributed by atoms with Crippen LogP contribution in [0.4, 0.5) is 0 Å². The van der Waals surface area contributed by atoms with Crippen LogP contribution in [0.3, 0.4) is 0 Å². The molecule has 3 aromatic rings. The van der Waals surface area contributed by atoms with E-state index in [0.29, 0.717) is 0 Å². The Morgan fingerprint density at radius 2 is 2.05 bits per heavy atom. The second-order valence-electron chi connectivity index (χ2n) is 4.47. The highest BCUT2D eigenvalue weighted by molar-refractivity contribution is 5.82. The summed E-state index contributed by atoms with van der Waals surface area (Å²) in [5.41, 5.74) is 9.50. The number of aryl methyl sites for hydroxylation is 1. The van der Waals surface area contributed by atoms with E-state index in [2.05, 4.69) is 29.1 Å². The van der Waals surface area contributed by atoms with Crippen LogP contribution in [0.5, 0.6) is 0 Å². The summed E-state index contributed by atoms with van der Waals surface area (Å²) >= 11 is 0. The molecule has 0 aliphatic heterocycles. The molecule has 0 spiro atoms. The molecule has 1 atom stereocenters. The highest BCUT2D eigenvalue weighted by Crippen LogP contribution is 2.26. The minimum absolute atomic E-state index is 0.185. The Hall–Kier alpha value is -2.20. The van der Waals surface area contributed by atoms with Crippen LogP contribution in [-0.4, -0.2) is 14.8 Å². The molecule has 1 unspecified atom stereocenters. The third-order valence-electron chi connectivity index (χ3n) is 3.38. The molecule has 0 saturated heterocycles. The quantitative estimate of drug-likeness (QED) is 0.779. The van der Waals surface area contributed by atoms with Crippen LogP contribution in [0.15, 0.2) is 48.8 Å². The monoisotopic (exact) mass is 252 g/mol. The summed E-state index contributed by atoms with van der Waals surface area (Å²) in [6.07, 6.45) is 3.59. The molecule has 2 N–H and O–H groups in total. The molecule has 19 heavy (non-hydrogen) atoms. The first-order valence-electron chi connectivity index (χ1n) is 6.42. The fourth-order valence-corrected chi connectivity index (χ4v) is 2.43. The van der Waals surface area contributed by atoms with Gasteiger partial charge in [0.2, 0.25) is 0 Å². The highest BCUT2D eigenvalue weighted by atomic mass is 15.3. The molecule has 0 saturated carbocycles. The largest absolute Gasteiger partial charge is 0.319 e. The van der Waals surface area contributed by atoms with Crippen molar-refractivity contribution in [3.8, 4) is 0 Å². The molecule has 1 aromatic carbocycles. The van der Waals surface area contributed by atoms with Crippen molar-refractivity contribution in [1.82, 2.24) is 14.8 Å². The Morgan fingerprint density at radius 3 is 2.89 bits per heavy atom. The van der Waals surface area contributed by atoms with Crippen LogP contribution >= 0.6 is 0 Å². The molecular formula is C15H16N4. The summed E-state index contributed by atoms with van der Waals surface area (Å²) in [5.74, 6) is 0. The van der Waals surface area contributed by atoms with Gasteiger partial charge in [0.05, 0.1) is 17.3 Å². The minimum Gasteiger partial charge on any atom is -0.319 e. The Balaban J connectivity index is 2.14. The average Bonchev–Trinajstić information content (AvgIpc) is 2.94. The van der Waals surface area contributed by atoms with Gasteiger partial charge in [-0.05, 0) is 30.7 Å². The average molecular weight is 252 g/mol. The number of pyridine rings is 1. The van der Waals surface area contributed by atoms with Crippen LogP contribution in [-0.2, 0) is 6.54 Å². The van der Waals surface area contributed by atoms with Crippen LogP contribution in [0.25, 0.3) is 10.9 Å². The van der Waals surface area contributed by atoms with Crippen molar-refractivity contribution in [3.05, 3.63) is 60.0 Å². The van der Waals surface area contributed by atoms with Crippen molar-refractivity contribution in [2.45, 2.75) is 19.5 Å². The van der Waals surface area contributed by atoms with E-state index in [1.54, 1.807) is 12.4 Å². The van der Waals surface area contributed by atoms with E-state index < -0.39 is 0 Å². The summed E-state index contributed by atoms with van der Waals surface area (Å²) in [6, 6.07) is 11.8. The molecule has 0 fully saturated rings. The van der Waals surface area contributed by atoms with E-state index in [-0.39, 0.29) is 6.04 Å². The van der Waals surface area contributed by atoms with Crippen molar-refractivity contribution in [2.75, 3.05) is 0 Å². The van der Waals surface area contributed by atoms with Gasteiger partial charge >= 0.3 is 0 Å². The molecule has 0 aliphatic rings. The van der Waals surface area contributed by atoms with E-state index in [0.717, 1.165) is 28.7 Å². The number of aromatic nitrogens is 3. The number of fused-ring (bicyclic) bond motifs is 1. The highest BCUT2D eigenvalue weighted by Gasteiger charge is 2.15. The Morgan fingerprint density at radius 1 is 1.16 bits per heavy atom. The first-order chi connectivity index (χ1) is 9.31. The summed E-state index contributed by atoms with van der Waals surface area (Å²) in [4.78, 5) is 4.37. The minimum atomic E-state index is -0.185. The third-order valence-corrected chi connectivity index (χ3v) is 3.38. The maximum absolute atomic E-state index is 6.41. The van der Waals surface area contributed by atoms with Crippen LogP contribution in [0, 0.1) is 0 Å². The molecular weight excluding hydrogens is 236 g/mol. The maximum Gasteiger partial charge on any atom is 0.0729 e. The molecule has 0 amide bonds. The van der Waals surface area contributed by atoms with E-state index in [4.69, 9.17) is 5.73 Å². The van der Waals surface area contributed by atoms with Crippen molar-refractivity contribution in [1.29, 1.82) is 0 Å². The lowest BCUT2D eigenvalue weighted by atomic mass is 9.99. The molecule has 96 valence electrons. The summed E-state index contributed by atoms with van der Waals surface area (Å²) in [5, 5.41) is 5.38. The lowest BCUT2D eigenvalue weighted by Gasteiger charge is -2.15. The molecule has 4 nitrogen and oxygen atoms in total. The van der Waals surface area contributed by atoms with E-state index in [1.807, 2.05) is 28.9 Å². The van der Waals surface area contributed by atoms with Gasteiger partial charge in [0.15, 0.2) is 0 Å². The lowest BCUT2D eigenvalue weighted by molar-refractivity contribution is 0.602. The predicted molar refractivity (Wildman–Crippen MR) is 75.7 cm³/mol. The van der Waals surface area contributed by atoms with Gasteiger partial charge in [-0.1, -0.05) is 18.2 Å². The fraction of sp³-hybridized carbons (Fsp3) is 0.200. The van der Waals surface area contributed by atoms with Gasteiger partial charge in [0.25, 0.3) is 0 Å². The molecule has 0 bridgehead atoms.